The van der Waals surface area contributed by atoms with Gasteiger partial charge in [-0.05, 0) is 31.0 Å². The van der Waals surface area contributed by atoms with Crippen LogP contribution < -0.4 is 10.6 Å². The Morgan fingerprint density at radius 1 is 1.27 bits per heavy atom. The Morgan fingerprint density at radius 3 is 2.59 bits per heavy atom. The molecular formula is C15H19F4N3. The topological polar surface area (TPSA) is 36.4 Å². The third kappa shape index (κ3) is 5.75. The fourth-order valence-corrected chi connectivity index (χ4v) is 1.81. The third-order valence-electron chi connectivity index (χ3n) is 2.89. The van der Waals surface area contributed by atoms with Crippen molar-refractivity contribution in [1.29, 1.82) is 0 Å². The summed E-state index contributed by atoms with van der Waals surface area (Å²) < 4.78 is 51.6. The molecule has 1 aromatic rings. The van der Waals surface area contributed by atoms with Gasteiger partial charge in [-0.2, -0.15) is 13.2 Å². The molecule has 0 spiro atoms. The van der Waals surface area contributed by atoms with E-state index in [-0.39, 0.29) is 12.1 Å². The molecule has 0 aliphatic carbocycles. The van der Waals surface area contributed by atoms with E-state index in [2.05, 4.69) is 15.6 Å². The Morgan fingerprint density at radius 2 is 2.00 bits per heavy atom. The van der Waals surface area contributed by atoms with Crippen LogP contribution in [0.15, 0.2) is 35.3 Å². The molecule has 3 nitrogen and oxygen atoms in total. The number of halogens is 4. The second-order valence-corrected chi connectivity index (χ2v) is 4.51. The number of nitrogens with zero attached hydrogens (tertiary/aromatic N) is 1. The number of nitrogens with one attached hydrogen (secondary N) is 2. The van der Waals surface area contributed by atoms with Crippen LogP contribution in [0.5, 0.6) is 0 Å². The van der Waals surface area contributed by atoms with Gasteiger partial charge in [-0.1, -0.05) is 18.2 Å². The molecule has 0 aliphatic heterocycles. The molecule has 0 saturated heterocycles. The summed E-state index contributed by atoms with van der Waals surface area (Å²) in [5.74, 6) is -0.521. The second kappa shape index (κ2) is 8.41. The van der Waals surface area contributed by atoms with Gasteiger partial charge in [0.25, 0.3) is 0 Å². The summed E-state index contributed by atoms with van der Waals surface area (Å²) in [6.45, 7) is 2.41. The number of allylic oxidation sites excluding steroid dienone is 1. The van der Waals surface area contributed by atoms with Crippen LogP contribution in [-0.2, 0) is 12.7 Å². The van der Waals surface area contributed by atoms with E-state index in [1.54, 1.807) is 0 Å². The van der Waals surface area contributed by atoms with E-state index in [1.807, 2.05) is 19.1 Å². The highest BCUT2D eigenvalue weighted by Gasteiger charge is 2.33. The van der Waals surface area contributed by atoms with Gasteiger partial charge in [0, 0.05) is 20.1 Å². The first-order valence-corrected chi connectivity index (χ1v) is 6.79. The maximum absolute atomic E-state index is 13.0. The minimum absolute atomic E-state index is 0.0368. The van der Waals surface area contributed by atoms with Crippen molar-refractivity contribution in [1.82, 2.24) is 10.6 Å². The molecule has 0 aliphatic rings. The SMILES string of the molecule is C/C=C/CCNC(=NC)NCc1ccc(F)cc1C(F)(F)F. The van der Waals surface area contributed by atoms with Crippen LogP contribution in [0.4, 0.5) is 17.6 Å². The zero-order valence-corrected chi connectivity index (χ0v) is 12.5. The molecule has 0 bridgehead atoms. The van der Waals surface area contributed by atoms with Gasteiger partial charge in [0.1, 0.15) is 5.82 Å². The predicted molar refractivity (Wildman–Crippen MR) is 79.0 cm³/mol. The fourth-order valence-electron chi connectivity index (χ4n) is 1.81. The lowest BCUT2D eigenvalue weighted by Gasteiger charge is -2.15. The van der Waals surface area contributed by atoms with Gasteiger partial charge >= 0.3 is 6.18 Å². The number of aliphatic imine (C=N–C) groups is 1. The Balaban J connectivity index is 2.70. The zero-order valence-electron chi connectivity index (χ0n) is 12.5. The van der Waals surface area contributed by atoms with Crippen molar-refractivity contribution in [2.45, 2.75) is 26.1 Å². The predicted octanol–water partition coefficient (Wildman–Crippen LogP) is 3.48. The monoisotopic (exact) mass is 317 g/mol. The van der Waals surface area contributed by atoms with E-state index in [4.69, 9.17) is 0 Å². The van der Waals surface area contributed by atoms with Crippen LogP contribution in [0, 0.1) is 5.82 Å². The number of hydrogen-bond donors (Lipinski definition) is 2. The fraction of sp³-hybridized carbons (Fsp3) is 0.400. The van der Waals surface area contributed by atoms with Crippen molar-refractivity contribution in [2.24, 2.45) is 4.99 Å². The highest BCUT2D eigenvalue weighted by Crippen LogP contribution is 2.32. The smallest absolute Gasteiger partial charge is 0.356 e. The molecule has 0 saturated carbocycles. The molecule has 122 valence electrons. The molecular weight excluding hydrogens is 298 g/mol. The average Bonchev–Trinajstić information content (AvgIpc) is 2.46. The Hall–Kier alpha value is -2.05. The molecule has 0 fully saturated rings. The second-order valence-electron chi connectivity index (χ2n) is 4.51. The molecule has 0 aromatic heterocycles. The third-order valence-corrected chi connectivity index (χ3v) is 2.89. The van der Waals surface area contributed by atoms with Crippen LogP contribution >= 0.6 is 0 Å². The van der Waals surface area contributed by atoms with Gasteiger partial charge in [-0.15, -0.1) is 0 Å². The van der Waals surface area contributed by atoms with Gasteiger partial charge in [0.05, 0.1) is 5.56 Å². The zero-order chi connectivity index (χ0) is 16.6. The summed E-state index contributed by atoms with van der Waals surface area (Å²) in [5.41, 5.74) is -1.02. The van der Waals surface area contributed by atoms with Gasteiger partial charge in [0.15, 0.2) is 5.96 Å². The van der Waals surface area contributed by atoms with Crippen molar-refractivity contribution in [3.05, 3.63) is 47.3 Å². The Bertz CT molecular complexity index is 536. The van der Waals surface area contributed by atoms with Crippen molar-refractivity contribution in [3.8, 4) is 0 Å². The van der Waals surface area contributed by atoms with E-state index in [0.29, 0.717) is 18.6 Å². The van der Waals surface area contributed by atoms with Crippen LogP contribution in [0.1, 0.15) is 24.5 Å². The van der Waals surface area contributed by atoms with E-state index in [1.165, 1.54) is 7.05 Å². The molecule has 22 heavy (non-hydrogen) atoms. The quantitative estimate of drug-likeness (QED) is 0.287. The molecule has 0 amide bonds. The van der Waals surface area contributed by atoms with Crippen LogP contribution in [0.25, 0.3) is 0 Å². The van der Waals surface area contributed by atoms with Crippen LogP contribution in [0.3, 0.4) is 0 Å². The molecule has 0 unspecified atom stereocenters. The Labute approximate surface area is 127 Å². The number of rotatable bonds is 5. The Kier molecular flexibility index (Phi) is 6.88. The van der Waals surface area contributed by atoms with Crippen LogP contribution in [0.2, 0.25) is 0 Å². The standard InChI is InChI=1S/C15H19F4N3/c1-3-4-5-8-21-14(20-2)22-10-11-6-7-12(16)9-13(11)15(17,18)19/h3-4,6-7,9H,5,8,10H2,1-2H3,(H2,20,21,22)/b4-3+. The van der Waals surface area contributed by atoms with Crippen molar-refractivity contribution in [3.63, 3.8) is 0 Å². The van der Waals surface area contributed by atoms with Gasteiger partial charge in [-0.3, -0.25) is 4.99 Å². The summed E-state index contributed by atoms with van der Waals surface area (Å²) in [7, 11) is 1.53. The van der Waals surface area contributed by atoms with Crippen LogP contribution in [-0.4, -0.2) is 19.6 Å². The highest BCUT2D eigenvalue weighted by atomic mass is 19.4. The van der Waals surface area contributed by atoms with E-state index in [9.17, 15) is 17.6 Å². The number of benzene rings is 1. The first-order chi connectivity index (χ1) is 10.4. The summed E-state index contributed by atoms with van der Waals surface area (Å²) >= 11 is 0. The van der Waals surface area contributed by atoms with Gasteiger partial charge in [-0.25, -0.2) is 4.39 Å². The molecule has 2 N–H and O–H groups in total. The molecule has 0 atom stereocenters. The minimum atomic E-state index is -4.60. The van der Waals surface area contributed by atoms with E-state index in [0.717, 1.165) is 18.6 Å². The maximum Gasteiger partial charge on any atom is 0.416 e. The van der Waals surface area contributed by atoms with E-state index < -0.39 is 17.6 Å². The van der Waals surface area contributed by atoms with E-state index >= 15 is 0 Å². The number of hydrogen-bond acceptors (Lipinski definition) is 1. The molecule has 1 aromatic carbocycles. The average molecular weight is 317 g/mol. The van der Waals surface area contributed by atoms with Gasteiger partial charge < -0.3 is 10.6 Å². The normalized spacial score (nSPS) is 12.7. The van der Waals surface area contributed by atoms with Crippen molar-refractivity contribution >= 4 is 5.96 Å². The summed E-state index contributed by atoms with van der Waals surface area (Å²) in [6, 6.07) is 2.63. The van der Waals surface area contributed by atoms with Crippen molar-refractivity contribution in [2.75, 3.05) is 13.6 Å². The van der Waals surface area contributed by atoms with Gasteiger partial charge in [0.2, 0.25) is 0 Å². The number of guanidine groups is 1. The van der Waals surface area contributed by atoms with Crippen molar-refractivity contribution < 1.29 is 17.6 Å². The first-order valence-electron chi connectivity index (χ1n) is 6.79. The number of alkyl halides is 3. The molecule has 0 radical (unpaired) electrons. The summed E-state index contributed by atoms with van der Waals surface area (Å²) in [4.78, 5) is 3.93. The largest absolute Gasteiger partial charge is 0.416 e. The lowest BCUT2D eigenvalue weighted by atomic mass is 10.1. The maximum atomic E-state index is 13.0. The minimum Gasteiger partial charge on any atom is -0.356 e. The summed E-state index contributed by atoms with van der Waals surface area (Å²) in [6.07, 6.45) is 0.0531. The molecule has 7 heteroatoms. The molecule has 1 rings (SSSR count). The summed E-state index contributed by atoms with van der Waals surface area (Å²) in [5, 5.41) is 5.76. The lowest BCUT2D eigenvalue weighted by molar-refractivity contribution is -0.138. The first kappa shape index (κ1) is 18.0. The molecule has 0 heterocycles. The highest BCUT2D eigenvalue weighted by molar-refractivity contribution is 5.79. The lowest BCUT2D eigenvalue weighted by Crippen LogP contribution is -2.37.